The molecule has 0 atom stereocenters. The minimum atomic E-state index is 0.473. The molecule has 0 fully saturated rings. The van der Waals surface area contributed by atoms with Gasteiger partial charge in [-0.2, -0.15) is 5.10 Å². The molecule has 0 aliphatic carbocycles. The summed E-state index contributed by atoms with van der Waals surface area (Å²) in [5.74, 6) is 0. The number of rotatable bonds is 1. The SMILES string of the molecule is Cn1ncc2cnc(CN)cc21. The Morgan fingerprint density at radius 1 is 1.50 bits per heavy atom. The summed E-state index contributed by atoms with van der Waals surface area (Å²) in [4.78, 5) is 4.16. The van der Waals surface area contributed by atoms with Crippen LogP contribution in [0, 0.1) is 0 Å². The number of nitrogens with two attached hydrogens (primary N) is 1. The van der Waals surface area contributed by atoms with Crippen LogP contribution in [0.1, 0.15) is 5.69 Å². The Hall–Kier alpha value is -1.42. The van der Waals surface area contributed by atoms with E-state index in [2.05, 4.69) is 10.1 Å². The molecule has 0 radical (unpaired) electrons. The molecule has 0 bridgehead atoms. The zero-order valence-corrected chi connectivity index (χ0v) is 6.86. The van der Waals surface area contributed by atoms with E-state index in [4.69, 9.17) is 5.73 Å². The molecule has 2 aromatic rings. The second kappa shape index (κ2) is 2.57. The Balaban J connectivity index is 2.71. The molecule has 2 aromatic heterocycles. The van der Waals surface area contributed by atoms with Crippen molar-refractivity contribution in [2.24, 2.45) is 12.8 Å². The van der Waals surface area contributed by atoms with Crippen LogP contribution < -0.4 is 5.73 Å². The summed E-state index contributed by atoms with van der Waals surface area (Å²) in [6, 6.07) is 1.96. The molecule has 2 rings (SSSR count). The third-order valence-electron chi connectivity index (χ3n) is 1.90. The highest BCUT2D eigenvalue weighted by Crippen LogP contribution is 2.11. The zero-order valence-electron chi connectivity index (χ0n) is 6.86. The van der Waals surface area contributed by atoms with Crippen molar-refractivity contribution in [3.05, 3.63) is 24.2 Å². The maximum Gasteiger partial charge on any atom is 0.0713 e. The number of aromatic nitrogens is 3. The molecule has 0 aromatic carbocycles. The molecule has 0 unspecified atom stereocenters. The van der Waals surface area contributed by atoms with Crippen LogP contribution in [-0.2, 0) is 13.6 Å². The van der Waals surface area contributed by atoms with E-state index >= 15 is 0 Å². The van der Waals surface area contributed by atoms with Gasteiger partial charge >= 0.3 is 0 Å². The van der Waals surface area contributed by atoms with Crippen molar-refractivity contribution in [2.45, 2.75) is 6.54 Å². The second-order valence-corrected chi connectivity index (χ2v) is 2.71. The van der Waals surface area contributed by atoms with Crippen LogP contribution in [0.5, 0.6) is 0 Å². The second-order valence-electron chi connectivity index (χ2n) is 2.71. The van der Waals surface area contributed by atoms with Crippen molar-refractivity contribution in [1.82, 2.24) is 14.8 Å². The van der Waals surface area contributed by atoms with E-state index in [0.717, 1.165) is 16.6 Å². The van der Waals surface area contributed by atoms with Crippen LogP contribution in [0.3, 0.4) is 0 Å². The molecular formula is C8H10N4. The third kappa shape index (κ3) is 0.967. The summed E-state index contributed by atoms with van der Waals surface area (Å²) >= 11 is 0. The van der Waals surface area contributed by atoms with Gasteiger partial charge in [0.1, 0.15) is 0 Å². The molecule has 4 nitrogen and oxygen atoms in total. The standard InChI is InChI=1S/C8H10N4/c1-12-8-2-7(3-9)10-4-6(8)5-11-12/h2,4-5H,3,9H2,1H3. The van der Waals surface area contributed by atoms with Crippen molar-refractivity contribution in [3.8, 4) is 0 Å². The predicted octanol–water partition coefficient (Wildman–Crippen LogP) is 0.427. The molecule has 0 saturated heterocycles. The average molecular weight is 162 g/mol. The third-order valence-corrected chi connectivity index (χ3v) is 1.90. The first-order valence-electron chi connectivity index (χ1n) is 3.78. The number of hydrogen-bond acceptors (Lipinski definition) is 3. The van der Waals surface area contributed by atoms with Gasteiger partial charge in [-0.05, 0) is 6.07 Å². The predicted molar refractivity (Wildman–Crippen MR) is 46.4 cm³/mol. The Morgan fingerprint density at radius 2 is 2.33 bits per heavy atom. The van der Waals surface area contributed by atoms with E-state index in [-0.39, 0.29) is 0 Å². The zero-order chi connectivity index (χ0) is 8.55. The van der Waals surface area contributed by atoms with Gasteiger partial charge in [0.15, 0.2) is 0 Å². The fourth-order valence-electron chi connectivity index (χ4n) is 1.20. The van der Waals surface area contributed by atoms with Crippen LogP contribution >= 0.6 is 0 Å². The van der Waals surface area contributed by atoms with Gasteiger partial charge in [-0.3, -0.25) is 9.67 Å². The van der Waals surface area contributed by atoms with E-state index in [0.29, 0.717) is 6.54 Å². The van der Waals surface area contributed by atoms with Crippen LogP contribution in [0.15, 0.2) is 18.5 Å². The highest BCUT2D eigenvalue weighted by molar-refractivity contribution is 5.77. The lowest BCUT2D eigenvalue weighted by Crippen LogP contribution is -1.99. The summed E-state index contributed by atoms with van der Waals surface area (Å²) in [5, 5.41) is 5.16. The van der Waals surface area contributed by atoms with E-state index < -0.39 is 0 Å². The normalized spacial score (nSPS) is 10.8. The Kier molecular flexibility index (Phi) is 1.55. The lowest BCUT2D eigenvalue weighted by Gasteiger charge is -1.96. The molecule has 0 aliphatic rings. The Morgan fingerprint density at radius 3 is 3.08 bits per heavy atom. The highest BCUT2D eigenvalue weighted by atomic mass is 15.2. The molecule has 0 saturated carbocycles. The van der Waals surface area contributed by atoms with Gasteiger partial charge in [0, 0.05) is 25.2 Å². The molecule has 12 heavy (non-hydrogen) atoms. The summed E-state index contributed by atoms with van der Waals surface area (Å²) in [5.41, 5.74) is 7.44. The molecule has 2 N–H and O–H groups in total. The van der Waals surface area contributed by atoms with E-state index in [1.807, 2.05) is 17.8 Å². The van der Waals surface area contributed by atoms with Gasteiger partial charge in [-0.1, -0.05) is 0 Å². The van der Waals surface area contributed by atoms with Crippen molar-refractivity contribution in [2.75, 3.05) is 0 Å². The van der Waals surface area contributed by atoms with Crippen molar-refractivity contribution < 1.29 is 0 Å². The first-order valence-corrected chi connectivity index (χ1v) is 3.78. The molecular weight excluding hydrogens is 152 g/mol. The van der Waals surface area contributed by atoms with E-state index in [1.165, 1.54) is 0 Å². The topological polar surface area (TPSA) is 56.7 Å². The highest BCUT2D eigenvalue weighted by Gasteiger charge is 1.99. The quantitative estimate of drug-likeness (QED) is 0.661. The molecule has 0 aliphatic heterocycles. The Labute approximate surface area is 70.0 Å². The maximum atomic E-state index is 5.47. The minimum absolute atomic E-state index is 0.473. The van der Waals surface area contributed by atoms with Gasteiger partial charge in [-0.25, -0.2) is 0 Å². The number of nitrogens with zero attached hydrogens (tertiary/aromatic N) is 3. The van der Waals surface area contributed by atoms with Gasteiger partial charge in [0.05, 0.1) is 17.4 Å². The van der Waals surface area contributed by atoms with Gasteiger partial charge in [0.2, 0.25) is 0 Å². The lowest BCUT2D eigenvalue weighted by atomic mass is 10.3. The number of fused-ring (bicyclic) bond motifs is 1. The maximum absolute atomic E-state index is 5.47. The monoisotopic (exact) mass is 162 g/mol. The number of aryl methyl sites for hydroxylation is 1. The van der Waals surface area contributed by atoms with Crippen molar-refractivity contribution in [3.63, 3.8) is 0 Å². The van der Waals surface area contributed by atoms with Gasteiger partial charge < -0.3 is 5.73 Å². The summed E-state index contributed by atoms with van der Waals surface area (Å²) in [6.45, 7) is 0.473. The Bertz CT molecular complexity index is 404. The van der Waals surface area contributed by atoms with Crippen LogP contribution in [0.2, 0.25) is 0 Å². The molecule has 62 valence electrons. The largest absolute Gasteiger partial charge is 0.325 e. The first kappa shape index (κ1) is 7.24. The minimum Gasteiger partial charge on any atom is -0.325 e. The number of pyridine rings is 1. The van der Waals surface area contributed by atoms with Crippen LogP contribution in [0.4, 0.5) is 0 Å². The molecule has 2 heterocycles. The fraction of sp³-hybridized carbons (Fsp3) is 0.250. The summed E-state index contributed by atoms with van der Waals surface area (Å²) < 4.78 is 1.82. The summed E-state index contributed by atoms with van der Waals surface area (Å²) in [7, 11) is 1.91. The van der Waals surface area contributed by atoms with Crippen LogP contribution in [0.25, 0.3) is 10.9 Å². The van der Waals surface area contributed by atoms with Crippen molar-refractivity contribution >= 4 is 10.9 Å². The average Bonchev–Trinajstić information content (AvgIpc) is 2.47. The summed E-state index contributed by atoms with van der Waals surface area (Å²) in [6.07, 6.45) is 3.59. The molecule has 4 heteroatoms. The van der Waals surface area contributed by atoms with Gasteiger partial charge in [0.25, 0.3) is 0 Å². The van der Waals surface area contributed by atoms with E-state index in [1.54, 1.807) is 12.4 Å². The smallest absolute Gasteiger partial charge is 0.0713 e. The first-order chi connectivity index (χ1) is 5.81. The molecule has 0 amide bonds. The molecule has 0 spiro atoms. The number of hydrogen-bond donors (Lipinski definition) is 1. The van der Waals surface area contributed by atoms with Crippen LogP contribution in [-0.4, -0.2) is 14.8 Å². The fourth-order valence-corrected chi connectivity index (χ4v) is 1.20. The lowest BCUT2D eigenvalue weighted by molar-refractivity contribution is 0.795. The van der Waals surface area contributed by atoms with Crippen molar-refractivity contribution in [1.29, 1.82) is 0 Å². The van der Waals surface area contributed by atoms with Gasteiger partial charge in [-0.15, -0.1) is 0 Å². The van der Waals surface area contributed by atoms with E-state index in [9.17, 15) is 0 Å².